The molecule has 0 bridgehead atoms. The molecule has 0 saturated carbocycles. The van der Waals surface area contributed by atoms with Gasteiger partial charge in [0, 0.05) is 43.4 Å². The van der Waals surface area contributed by atoms with Gasteiger partial charge in [0.05, 0.1) is 27.6 Å². The van der Waals surface area contributed by atoms with Crippen molar-refractivity contribution in [3.8, 4) is 39.9 Å². The van der Waals surface area contributed by atoms with Crippen molar-refractivity contribution in [1.29, 1.82) is 0 Å². The van der Waals surface area contributed by atoms with E-state index in [4.69, 9.17) is 15.0 Å². The second kappa shape index (κ2) is 10.2. The summed E-state index contributed by atoms with van der Waals surface area (Å²) in [5.41, 5.74) is 9.82. The maximum absolute atomic E-state index is 5.24. The number of aromatic nitrogens is 5. The van der Waals surface area contributed by atoms with Crippen LogP contribution < -0.4 is 0 Å². The Labute approximate surface area is 286 Å². The molecule has 11 aromatic rings. The largest absolute Gasteiger partial charge is 0.308 e. The summed E-state index contributed by atoms with van der Waals surface area (Å²) in [5, 5.41) is 7.30. The highest BCUT2D eigenvalue weighted by atomic mass is 15.2. The zero-order valence-corrected chi connectivity index (χ0v) is 26.7. The molecule has 4 aromatic heterocycles. The van der Waals surface area contributed by atoms with Gasteiger partial charge in [-0.1, -0.05) is 121 Å². The van der Waals surface area contributed by atoms with Crippen LogP contribution in [0, 0.1) is 12.1 Å². The Morgan fingerprint density at radius 1 is 0.420 bits per heavy atom. The van der Waals surface area contributed by atoms with Gasteiger partial charge in [0.15, 0.2) is 11.6 Å². The van der Waals surface area contributed by atoms with Crippen molar-refractivity contribution in [2.45, 2.75) is 0 Å². The van der Waals surface area contributed by atoms with Crippen LogP contribution in [-0.4, -0.2) is 23.9 Å². The fourth-order valence-electron chi connectivity index (χ4n) is 7.83. The summed E-state index contributed by atoms with van der Waals surface area (Å²) in [6, 6.07) is 58.9. The van der Waals surface area contributed by atoms with Gasteiger partial charge in [-0.15, -0.1) is 0 Å². The minimum Gasteiger partial charge on any atom is -0.308 e. The maximum Gasteiger partial charge on any atom is 0.238 e. The molecule has 230 valence electrons. The molecule has 0 atom stereocenters. The van der Waals surface area contributed by atoms with Gasteiger partial charge in [-0.25, -0.2) is 4.98 Å². The van der Waals surface area contributed by atoms with Crippen molar-refractivity contribution in [3.63, 3.8) is 0 Å². The minimum atomic E-state index is 0.582. The van der Waals surface area contributed by atoms with Crippen LogP contribution in [0.2, 0.25) is 0 Å². The molecular weight excluding hydrogens is 611 g/mol. The van der Waals surface area contributed by atoms with Gasteiger partial charge in [0.25, 0.3) is 0 Å². The Morgan fingerprint density at radius 3 is 1.74 bits per heavy atom. The molecule has 0 aliphatic carbocycles. The van der Waals surface area contributed by atoms with E-state index in [1.54, 1.807) is 0 Å². The molecule has 0 unspecified atom stereocenters. The first-order valence-electron chi connectivity index (χ1n) is 16.7. The summed E-state index contributed by atoms with van der Waals surface area (Å²) in [4.78, 5) is 15.5. The maximum atomic E-state index is 5.24. The van der Waals surface area contributed by atoms with Crippen LogP contribution >= 0.6 is 0 Å². The van der Waals surface area contributed by atoms with Crippen molar-refractivity contribution < 1.29 is 0 Å². The molecule has 4 heterocycles. The van der Waals surface area contributed by atoms with E-state index in [1.165, 1.54) is 43.5 Å². The summed E-state index contributed by atoms with van der Waals surface area (Å²) < 4.78 is 4.67. The average Bonchev–Trinajstić information content (AvgIpc) is 3.83. The van der Waals surface area contributed by atoms with Gasteiger partial charge >= 0.3 is 0 Å². The van der Waals surface area contributed by atoms with Crippen molar-refractivity contribution in [2.75, 3.05) is 0 Å². The quantitative estimate of drug-likeness (QED) is 0.193. The molecule has 0 aliphatic rings. The van der Waals surface area contributed by atoms with Crippen LogP contribution in [0.5, 0.6) is 0 Å². The number of benzene rings is 6. The predicted molar refractivity (Wildman–Crippen MR) is 203 cm³/mol. The molecule has 7 aromatic carbocycles. The standard InChI is InChI=1S/C45H25N5/c1-3-13-28(14-4-1)29-23-25-31(26-24-29)44-46-43(30-15-5-2-6-16-30)47-45(48-44)50-38-22-12-8-18-33(38)40-39(50)27-35-32-17-7-10-20-36(32)49-37-21-11-9-19-34(37)41(40)42(35)49/h2-3,5-27H. The summed E-state index contributed by atoms with van der Waals surface area (Å²) in [6.45, 7) is 0. The SMILES string of the molecule is c1ccc(-c2ccc(-c3nc(-c4ccccc4)nc(-n4c5ccccc5c5c6c7ccccc7n7c8ccccc8c(cc54)c67)n3)cc2)cc#1. The Balaban J connectivity index is 1.25. The number of fused-ring (bicyclic) bond motifs is 10. The fourth-order valence-corrected chi connectivity index (χ4v) is 7.83. The molecule has 0 N–H and O–H groups in total. The van der Waals surface area contributed by atoms with Gasteiger partial charge in [0.1, 0.15) is 0 Å². The molecule has 0 radical (unpaired) electrons. The zero-order chi connectivity index (χ0) is 32.8. The average molecular weight is 636 g/mol. The predicted octanol–water partition coefficient (Wildman–Crippen LogP) is 10.7. The lowest BCUT2D eigenvalue weighted by atomic mass is 10.0. The highest BCUT2D eigenvalue weighted by Crippen LogP contribution is 2.46. The van der Waals surface area contributed by atoms with Gasteiger partial charge in [0.2, 0.25) is 5.95 Å². The first kappa shape index (κ1) is 27.0. The van der Waals surface area contributed by atoms with Crippen LogP contribution in [-0.2, 0) is 0 Å². The van der Waals surface area contributed by atoms with E-state index in [9.17, 15) is 0 Å². The van der Waals surface area contributed by atoms with Crippen LogP contribution in [0.15, 0.2) is 152 Å². The molecule has 0 spiro atoms. The lowest BCUT2D eigenvalue weighted by molar-refractivity contribution is 0.954. The van der Waals surface area contributed by atoms with E-state index in [0.29, 0.717) is 17.6 Å². The summed E-state index contributed by atoms with van der Waals surface area (Å²) in [7, 11) is 0. The molecule has 5 heteroatoms. The normalized spacial score (nSPS) is 11.8. The molecule has 11 rings (SSSR count). The third-order valence-electron chi connectivity index (χ3n) is 10.00. The summed E-state index contributed by atoms with van der Waals surface area (Å²) in [6.07, 6.45) is 0. The first-order chi connectivity index (χ1) is 24.8. The Bertz CT molecular complexity index is 3070. The van der Waals surface area contributed by atoms with E-state index in [2.05, 4.69) is 136 Å². The van der Waals surface area contributed by atoms with Crippen LogP contribution in [0.1, 0.15) is 0 Å². The van der Waals surface area contributed by atoms with Crippen molar-refractivity contribution >= 4 is 59.9 Å². The number of rotatable bonds is 4. The molecule has 5 nitrogen and oxygen atoms in total. The molecule has 0 saturated heterocycles. The van der Waals surface area contributed by atoms with E-state index >= 15 is 0 Å². The highest BCUT2D eigenvalue weighted by molar-refractivity contribution is 6.35. The van der Waals surface area contributed by atoms with Crippen molar-refractivity contribution in [2.24, 2.45) is 0 Å². The second-order valence-electron chi connectivity index (χ2n) is 12.7. The molecule has 0 fully saturated rings. The van der Waals surface area contributed by atoms with Crippen LogP contribution in [0.4, 0.5) is 0 Å². The Kier molecular flexibility index (Phi) is 5.52. The van der Waals surface area contributed by atoms with E-state index in [-0.39, 0.29) is 0 Å². The Morgan fingerprint density at radius 2 is 1.02 bits per heavy atom. The highest BCUT2D eigenvalue weighted by Gasteiger charge is 2.25. The number of nitrogens with zero attached hydrogens (tertiary/aromatic N) is 5. The number of hydrogen-bond donors (Lipinski definition) is 0. The molecule has 0 amide bonds. The Hall–Kier alpha value is -7.03. The van der Waals surface area contributed by atoms with Gasteiger partial charge in [-0.2, -0.15) is 9.97 Å². The third kappa shape index (κ3) is 3.76. The van der Waals surface area contributed by atoms with Gasteiger partial charge < -0.3 is 4.40 Å². The van der Waals surface area contributed by atoms with Gasteiger partial charge in [-0.05, 0) is 53.6 Å². The number of hydrogen-bond acceptors (Lipinski definition) is 3. The van der Waals surface area contributed by atoms with Crippen molar-refractivity contribution in [3.05, 3.63) is 164 Å². The third-order valence-corrected chi connectivity index (χ3v) is 10.00. The van der Waals surface area contributed by atoms with Crippen LogP contribution in [0.3, 0.4) is 0 Å². The lowest BCUT2D eigenvalue weighted by Gasteiger charge is -2.11. The molecule has 0 aliphatic heterocycles. The monoisotopic (exact) mass is 635 g/mol. The lowest BCUT2D eigenvalue weighted by Crippen LogP contribution is -2.06. The topological polar surface area (TPSA) is 48.0 Å². The van der Waals surface area contributed by atoms with E-state index < -0.39 is 0 Å². The minimum absolute atomic E-state index is 0.582. The smallest absolute Gasteiger partial charge is 0.238 e. The van der Waals surface area contributed by atoms with Gasteiger partial charge in [-0.3, -0.25) is 4.57 Å². The first-order valence-corrected chi connectivity index (χ1v) is 16.7. The zero-order valence-electron chi connectivity index (χ0n) is 26.7. The van der Waals surface area contributed by atoms with E-state index in [0.717, 1.165) is 38.7 Å². The summed E-state index contributed by atoms with van der Waals surface area (Å²) >= 11 is 0. The van der Waals surface area contributed by atoms with E-state index in [1.807, 2.05) is 36.4 Å². The number of para-hydroxylation sites is 3. The fraction of sp³-hybridized carbons (Fsp3) is 0. The molecule has 50 heavy (non-hydrogen) atoms. The van der Waals surface area contributed by atoms with Crippen LogP contribution in [0.25, 0.3) is 99.8 Å². The van der Waals surface area contributed by atoms with Crippen molar-refractivity contribution in [1.82, 2.24) is 23.9 Å². The second-order valence-corrected chi connectivity index (χ2v) is 12.7. The molecular formula is C45H25N5. The summed E-state index contributed by atoms with van der Waals surface area (Å²) in [5.74, 6) is 1.83.